The lowest BCUT2D eigenvalue weighted by molar-refractivity contribution is 0.174. The van der Waals surface area contributed by atoms with Crippen molar-refractivity contribution in [3.05, 3.63) is 23.8 Å². The summed E-state index contributed by atoms with van der Waals surface area (Å²) in [5.74, 6) is 3.46. The van der Waals surface area contributed by atoms with Crippen molar-refractivity contribution in [2.24, 2.45) is 10.9 Å². The molecule has 3 rings (SSSR count). The van der Waals surface area contributed by atoms with E-state index in [1.54, 1.807) is 0 Å². The lowest BCUT2D eigenvalue weighted by Crippen LogP contribution is -2.37. The second-order valence-electron chi connectivity index (χ2n) is 5.54. The maximum atomic E-state index is 5.39. The maximum absolute atomic E-state index is 5.39. The minimum atomic E-state index is 0. The Bertz CT molecular complexity index is 518. The summed E-state index contributed by atoms with van der Waals surface area (Å²) >= 11 is 0. The van der Waals surface area contributed by atoms with Crippen LogP contribution in [0.15, 0.2) is 23.2 Å². The molecule has 0 bridgehead atoms. The Hall–Kier alpha value is -1.18. The molecule has 22 heavy (non-hydrogen) atoms. The third-order valence-electron chi connectivity index (χ3n) is 3.74. The van der Waals surface area contributed by atoms with Gasteiger partial charge in [0.05, 0.1) is 6.54 Å². The van der Waals surface area contributed by atoms with Crippen molar-refractivity contribution >= 4 is 29.9 Å². The molecule has 0 aromatic heterocycles. The molecule has 0 amide bonds. The Kier molecular flexibility index (Phi) is 6.60. The van der Waals surface area contributed by atoms with Crippen LogP contribution in [0.1, 0.15) is 31.7 Å². The molecule has 1 aliphatic heterocycles. The third-order valence-corrected chi connectivity index (χ3v) is 3.74. The van der Waals surface area contributed by atoms with E-state index in [0.717, 1.165) is 42.0 Å². The molecule has 2 N–H and O–H groups in total. The van der Waals surface area contributed by atoms with Crippen LogP contribution in [-0.2, 0) is 6.54 Å². The van der Waals surface area contributed by atoms with Gasteiger partial charge in [0.15, 0.2) is 17.5 Å². The van der Waals surface area contributed by atoms with Crippen LogP contribution in [0.2, 0.25) is 0 Å². The summed E-state index contributed by atoms with van der Waals surface area (Å²) in [5, 5.41) is 6.68. The second-order valence-corrected chi connectivity index (χ2v) is 5.54. The smallest absolute Gasteiger partial charge is 0.231 e. The standard InChI is InChI=1S/C16H23N3O2.HI/c1-2-17-16(18-8-7-12-3-4-12)19-10-13-5-6-14-15(9-13)21-11-20-14;/h5-6,9,12H,2-4,7-8,10-11H2,1H3,(H2,17,18,19);1H. The van der Waals surface area contributed by atoms with Crippen LogP contribution >= 0.6 is 24.0 Å². The zero-order chi connectivity index (χ0) is 14.5. The van der Waals surface area contributed by atoms with Gasteiger partial charge < -0.3 is 20.1 Å². The van der Waals surface area contributed by atoms with Crippen LogP contribution in [0.3, 0.4) is 0 Å². The van der Waals surface area contributed by atoms with E-state index in [1.165, 1.54) is 19.3 Å². The maximum Gasteiger partial charge on any atom is 0.231 e. The van der Waals surface area contributed by atoms with Crippen molar-refractivity contribution < 1.29 is 9.47 Å². The number of nitrogens with zero attached hydrogens (tertiary/aromatic N) is 1. The second kappa shape index (κ2) is 8.45. The highest BCUT2D eigenvalue weighted by molar-refractivity contribution is 14.0. The van der Waals surface area contributed by atoms with Crippen molar-refractivity contribution in [1.29, 1.82) is 0 Å². The molecule has 5 nitrogen and oxygen atoms in total. The number of hydrogen-bond acceptors (Lipinski definition) is 3. The van der Waals surface area contributed by atoms with Crippen molar-refractivity contribution in [1.82, 2.24) is 10.6 Å². The quantitative estimate of drug-likeness (QED) is 0.425. The molecule has 6 heteroatoms. The lowest BCUT2D eigenvalue weighted by atomic mass is 10.2. The molecule has 2 aliphatic rings. The predicted octanol–water partition coefficient (Wildman–Crippen LogP) is 2.89. The molecule has 1 aromatic rings. The normalized spacial score (nSPS) is 16.1. The van der Waals surface area contributed by atoms with E-state index in [1.807, 2.05) is 18.2 Å². The van der Waals surface area contributed by atoms with Crippen LogP contribution in [-0.4, -0.2) is 25.8 Å². The first-order valence-electron chi connectivity index (χ1n) is 7.76. The molecule has 0 radical (unpaired) electrons. The number of halogens is 1. The number of benzene rings is 1. The van der Waals surface area contributed by atoms with Crippen molar-refractivity contribution in [3.63, 3.8) is 0 Å². The Morgan fingerprint density at radius 2 is 2.05 bits per heavy atom. The van der Waals surface area contributed by atoms with Crippen LogP contribution in [0.5, 0.6) is 11.5 Å². The zero-order valence-corrected chi connectivity index (χ0v) is 15.3. The number of ether oxygens (including phenoxy) is 2. The highest BCUT2D eigenvalue weighted by Crippen LogP contribution is 2.33. The minimum Gasteiger partial charge on any atom is -0.454 e. The third kappa shape index (κ3) is 4.93. The number of hydrogen-bond donors (Lipinski definition) is 2. The summed E-state index contributed by atoms with van der Waals surface area (Å²) in [7, 11) is 0. The highest BCUT2D eigenvalue weighted by Gasteiger charge is 2.20. The van der Waals surface area contributed by atoms with Gasteiger partial charge in [0.25, 0.3) is 0 Å². The molecular formula is C16H24IN3O2. The monoisotopic (exact) mass is 417 g/mol. The Morgan fingerprint density at radius 1 is 1.23 bits per heavy atom. The number of nitrogens with one attached hydrogen (secondary N) is 2. The van der Waals surface area contributed by atoms with E-state index in [-0.39, 0.29) is 24.0 Å². The molecule has 1 saturated carbocycles. The number of fused-ring (bicyclic) bond motifs is 1. The first-order chi connectivity index (χ1) is 10.3. The number of aliphatic imine (C=N–C) groups is 1. The van der Waals surface area contributed by atoms with Gasteiger partial charge in [-0.2, -0.15) is 0 Å². The van der Waals surface area contributed by atoms with E-state index >= 15 is 0 Å². The first kappa shape index (κ1) is 17.2. The molecule has 1 aliphatic carbocycles. The van der Waals surface area contributed by atoms with Crippen molar-refractivity contribution in [3.8, 4) is 11.5 Å². The van der Waals surface area contributed by atoms with Gasteiger partial charge in [0.2, 0.25) is 6.79 Å². The van der Waals surface area contributed by atoms with E-state index in [9.17, 15) is 0 Å². The predicted molar refractivity (Wildman–Crippen MR) is 98.1 cm³/mol. The number of rotatable bonds is 6. The van der Waals surface area contributed by atoms with Gasteiger partial charge in [-0.25, -0.2) is 4.99 Å². The Balaban J connectivity index is 0.00000176. The van der Waals surface area contributed by atoms with Gasteiger partial charge >= 0.3 is 0 Å². The molecule has 122 valence electrons. The first-order valence-corrected chi connectivity index (χ1v) is 7.76. The molecule has 1 heterocycles. The zero-order valence-electron chi connectivity index (χ0n) is 12.9. The molecular weight excluding hydrogens is 393 g/mol. The summed E-state index contributed by atoms with van der Waals surface area (Å²) in [6.45, 7) is 4.90. The number of guanidine groups is 1. The lowest BCUT2D eigenvalue weighted by Gasteiger charge is -2.11. The Morgan fingerprint density at radius 3 is 2.82 bits per heavy atom. The van der Waals surface area contributed by atoms with E-state index < -0.39 is 0 Å². The van der Waals surface area contributed by atoms with Gasteiger partial charge in [0, 0.05) is 13.1 Å². The minimum absolute atomic E-state index is 0. The van der Waals surface area contributed by atoms with Gasteiger partial charge in [-0.3, -0.25) is 0 Å². The van der Waals surface area contributed by atoms with Crippen LogP contribution in [0, 0.1) is 5.92 Å². The average Bonchev–Trinajstić information content (AvgIpc) is 3.20. The molecule has 0 unspecified atom stereocenters. The van der Waals surface area contributed by atoms with Crippen molar-refractivity contribution in [2.45, 2.75) is 32.7 Å². The van der Waals surface area contributed by atoms with Crippen LogP contribution < -0.4 is 20.1 Å². The van der Waals surface area contributed by atoms with Crippen LogP contribution in [0.4, 0.5) is 0 Å². The van der Waals surface area contributed by atoms with Gasteiger partial charge in [-0.05, 0) is 37.0 Å². The summed E-state index contributed by atoms with van der Waals surface area (Å²) in [6, 6.07) is 5.98. The topological polar surface area (TPSA) is 54.9 Å². The highest BCUT2D eigenvalue weighted by atomic mass is 127. The van der Waals surface area contributed by atoms with E-state index in [4.69, 9.17) is 9.47 Å². The van der Waals surface area contributed by atoms with Gasteiger partial charge in [-0.15, -0.1) is 24.0 Å². The fraction of sp³-hybridized carbons (Fsp3) is 0.562. The molecule has 1 aromatic carbocycles. The summed E-state index contributed by atoms with van der Waals surface area (Å²) in [4.78, 5) is 4.62. The van der Waals surface area contributed by atoms with E-state index in [0.29, 0.717) is 13.3 Å². The summed E-state index contributed by atoms with van der Waals surface area (Å²) in [6.07, 6.45) is 4.04. The van der Waals surface area contributed by atoms with Gasteiger partial charge in [-0.1, -0.05) is 18.9 Å². The summed E-state index contributed by atoms with van der Waals surface area (Å²) < 4.78 is 10.7. The summed E-state index contributed by atoms with van der Waals surface area (Å²) in [5.41, 5.74) is 1.12. The van der Waals surface area contributed by atoms with Crippen molar-refractivity contribution in [2.75, 3.05) is 19.9 Å². The average molecular weight is 417 g/mol. The van der Waals surface area contributed by atoms with Crippen LogP contribution in [0.25, 0.3) is 0 Å². The fourth-order valence-electron chi connectivity index (χ4n) is 2.35. The van der Waals surface area contributed by atoms with Gasteiger partial charge in [0.1, 0.15) is 0 Å². The molecule has 0 saturated heterocycles. The SMILES string of the molecule is CCNC(=NCc1ccc2c(c1)OCO2)NCCC1CC1.I. The molecule has 0 spiro atoms. The van der Waals surface area contributed by atoms with E-state index in [2.05, 4.69) is 22.5 Å². The largest absolute Gasteiger partial charge is 0.454 e. The Labute approximate surface area is 148 Å². The molecule has 1 fully saturated rings. The molecule has 0 atom stereocenters. The fourth-order valence-corrected chi connectivity index (χ4v) is 2.35.